The van der Waals surface area contributed by atoms with Gasteiger partial charge in [0.15, 0.2) is 0 Å². The number of aromatic nitrogens is 2. The summed E-state index contributed by atoms with van der Waals surface area (Å²) in [5, 5.41) is 0. The minimum atomic E-state index is 0.518. The summed E-state index contributed by atoms with van der Waals surface area (Å²) in [6, 6.07) is 9.69. The molecule has 2 aromatic rings. The first-order chi connectivity index (χ1) is 8.28. The van der Waals surface area contributed by atoms with Gasteiger partial charge in [-0.1, -0.05) is 12.1 Å². The van der Waals surface area contributed by atoms with E-state index in [4.69, 9.17) is 10.5 Å². The van der Waals surface area contributed by atoms with Gasteiger partial charge in [0.05, 0.1) is 7.11 Å². The molecule has 0 unspecified atom stereocenters. The zero-order chi connectivity index (χ0) is 12.1. The van der Waals surface area contributed by atoms with Crippen molar-refractivity contribution in [2.24, 2.45) is 0 Å². The lowest BCUT2D eigenvalue weighted by molar-refractivity contribution is 0.414. The van der Waals surface area contributed by atoms with Crippen molar-refractivity contribution < 1.29 is 4.74 Å². The van der Waals surface area contributed by atoms with Crippen molar-refractivity contribution in [3.8, 4) is 5.75 Å². The Morgan fingerprint density at radius 1 is 1.12 bits per heavy atom. The van der Waals surface area contributed by atoms with Gasteiger partial charge < -0.3 is 10.5 Å². The Balaban J connectivity index is 1.97. The summed E-state index contributed by atoms with van der Waals surface area (Å²) in [6.45, 7) is 0. The molecule has 0 atom stereocenters. The van der Waals surface area contributed by atoms with E-state index >= 15 is 0 Å². The molecule has 1 aromatic heterocycles. The minimum absolute atomic E-state index is 0.518. The Kier molecular flexibility index (Phi) is 3.55. The van der Waals surface area contributed by atoms with Crippen LogP contribution in [0.4, 0.5) is 5.82 Å². The molecule has 0 saturated heterocycles. The normalized spacial score (nSPS) is 10.2. The van der Waals surface area contributed by atoms with Gasteiger partial charge in [0.25, 0.3) is 0 Å². The fourth-order valence-corrected chi connectivity index (χ4v) is 1.58. The Morgan fingerprint density at radius 2 is 1.88 bits per heavy atom. The van der Waals surface area contributed by atoms with Crippen LogP contribution in [-0.4, -0.2) is 17.1 Å². The predicted molar refractivity (Wildman–Crippen MR) is 66.8 cm³/mol. The van der Waals surface area contributed by atoms with Crippen molar-refractivity contribution in [2.75, 3.05) is 12.8 Å². The quantitative estimate of drug-likeness (QED) is 0.869. The first-order valence-electron chi connectivity index (χ1n) is 5.48. The van der Waals surface area contributed by atoms with E-state index in [1.807, 2.05) is 24.3 Å². The van der Waals surface area contributed by atoms with Crippen molar-refractivity contribution in [1.29, 1.82) is 0 Å². The van der Waals surface area contributed by atoms with E-state index in [-0.39, 0.29) is 0 Å². The molecular weight excluding hydrogens is 214 g/mol. The first kappa shape index (κ1) is 11.4. The molecule has 0 saturated carbocycles. The fourth-order valence-electron chi connectivity index (χ4n) is 1.58. The molecule has 17 heavy (non-hydrogen) atoms. The molecule has 88 valence electrons. The van der Waals surface area contributed by atoms with E-state index in [1.165, 1.54) is 5.56 Å². The van der Waals surface area contributed by atoms with E-state index in [0.29, 0.717) is 5.82 Å². The lowest BCUT2D eigenvalue weighted by atomic mass is 10.1. The number of nitrogens with zero attached hydrogens (tertiary/aromatic N) is 2. The van der Waals surface area contributed by atoms with Gasteiger partial charge in [0.1, 0.15) is 17.4 Å². The molecule has 4 nitrogen and oxygen atoms in total. The van der Waals surface area contributed by atoms with Gasteiger partial charge in [-0.3, -0.25) is 0 Å². The molecule has 4 heteroatoms. The van der Waals surface area contributed by atoms with Crippen molar-refractivity contribution in [3.63, 3.8) is 0 Å². The van der Waals surface area contributed by atoms with Crippen molar-refractivity contribution >= 4 is 5.82 Å². The van der Waals surface area contributed by atoms with Crippen molar-refractivity contribution in [1.82, 2.24) is 9.97 Å². The van der Waals surface area contributed by atoms with Crippen molar-refractivity contribution in [3.05, 3.63) is 47.9 Å². The third-order valence-corrected chi connectivity index (χ3v) is 2.52. The van der Waals surface area contributed by atoms with Crippen LogP contribution in [0.3, 0.4) is 0 Å². The average molecular weight is 229 g/mol. The Bertz CT molecular complexity index is 482. The standard InChI is InChI=1S/C13H15N3O/c1-17-11-5-2-10(3-6-11)4-7-13-15-9-8-12(14)16-13/h2-3,5-6,8-9H,4,7H2,1H3,(H2,14,15,16). The number of hydrogen-bond donors (Lipinski definition) is 1. The van der Waals surface area contributed by atoms with Crippen LogP contribution in [0.1, 0.15) is 11.4 Å². The summed E-state index contributed by atoms with van der Waals surface area (Å²) in [5.74, 6) is 2.17. The lowest BCUT2D eigenvalue weighted by Crippen LogP contribution is -2.00. The number of anilines is 1. The van der Waals surface area contributed by atoms with Crippen LogP contribution in [0.25, 0.3) is 0 Å². The van der Waals surface area contributed by atoms with E-state index < -0.39 is 0 Å². The molecule has 0 bridgehead atoms. The molecule has 0 aliphatic rings. The topological polar surface area (TPSA) is 61.0 Å². The van der Waals surface area contributed by atoms with Crippen LogP contribution in [0.5, 0.6) is 5.75 Å². The molecule has 0 radical (unpaired) electrons. The molecule has 2 N–H and O–H groups in total. The number of nitrogen functional groups attached to an aromatic ring is 1. The zero-order valence-electron chi connectivity index (χ0n) is 9.76. The largest absolute Gasteiger partial charge is 0.497 e. The summed E-state index contributed by atoms with van der Waals surface area (Å²) in [5.41, 5.74) is 6.83. The molecular formula is C13H15N3O. The Hall–Kier alpha value is -2.10. The summed E-state index contributed by atoms with van der Waals surface area (Å²) in [4.78, 5) is 8.34. The van der Waals surface area contributed by atoms with Crippen LogP contribution < -0.4 is 10.5 Å². The van der Waals surface area contributed by atoms with Crippen molar-refractivity contribution in [2.45, 2.75) is 12.8 Å². The highest BCUT2D eigenvalue weighted by Gasteiger charge is 1.99. The highest BCUT2D eigenvalue weighted by atomic mass is 16.5. The molecule has 0 aliphatic heterocycles. The molecule has 0 spiro atoms. The molecule has 0 fully saturated rings. The molecule has 2 rings (SSSR count). The van der Waals surface area contributed by atoms with Gasteiger partial charge in [-0.15, -0.1) is 0 Å². The zero-order valence-corrected chi connectivity index (χ0v) is 9.76. The highest BCUT2D eigenvalue weighted by Crippen LogP contribution is 2.12. The number of aryl methyl sites for hydroxylation is 2. The SMILES string of the molecule is COc1ccc(CCc2nccc(N)n2)cc1. The van der Waals surface area contributed by atoms with E-state index in [2.05, 4.69) is 9.97 Å². The smallest absolute Gasteiger partial charge is 0.130 e. The Morgan fingerprint density at radius 3 is 2.53 bits per heavy atom. The van der Waals surface area contributed by atoms with Crippen LogP contribution in [-0.2, 0) is 12.8 Å². The number of ether oxygens (including phenoxy) is 1. The minimum Gasteiger partial charge on any atom is -0.497 e. The molecule has 1 heterocycles. The summed E-state index contributed by atoms with van der Waals surface area (Å²) >= 11 is 0. The summed E-state index contributed by atoms with van der Waals surface area (Å²) < 4.78 is 5.11. The van der Waals surface area contributed by atoms with Gasteiger partial charge in [0.2, 0.25) is 0 Å². The molecule has 0 amide bonds. The van der Waals surface area contributed by atoms with Gasteiger partial charge >= 0.3 is 0 Å². The number of hydrogen-bond acceptors (Lipinski definition) is 4. The first-order valence-corrected chi connectivity index (χ1v) is 5.48. The van der Waals surface area contributed by atoms with E-state index in [0.717, 1.165) is 24.4 Å². The predicted octanol–water partition coefficient (Wildman–Crippen LogP) is 1.85. The monoisotopic (exact) mass is 229 g/mol. The number of methoxy groups -OCH3 is 1. The van der Waals surface area contributed by atoms with Gasteiger partial charge in [0, 0.05) is 12.6 Å². The van der Waals surface area contributed by atoms with E-state index in [1.54, 1.807) is 19.4 Å². The summed E-state index contributed by atoms with van der Waals surface area (Å²) in [7, 11) is 1.66. The van der Waals surface area contributed by atoms with Gasteiger partial charge in [-0.25, -0.2) is 9.97 Å². The second-order valence-corrected chi connectivity index (χ2v) is 3.75. The van der Waals surface area contributed by atoms with Crippen LogP contribution >= 0.6 is 0 Å². The number of benzene rings is 1. The molecule has 0 aliphatic carbocycles. The maximum atomic E-state index is 5.60. The second-order valence-electron chi connectivity index (χ2n) is 3.75. The molecule has 1 aromatic carbocycles. The van der Waals surface area contributed by atoms with E-state index in [9.17, 15) is 0 Å². The summed E-state index contributed by atoms with van der Waals surface area (Å²) in [6.07, 6.45) is 3.37. The fraction of sp³-hybridized carbons (Fsp3) is 0.231. The Labute approximate surface area is 100 Å². The van der Waals surface area contributed by atoms with Gasteiger partial charge in [-0.05, 0) is 30.2 Å². The highest BCUT2D eigenvalue weighted by molar-refractivity contribution is 5.28. The number of rotatable bonds is 4. The second kappa shape index (κ2) is 5.30. The third kappa shape index (κ3) is 3.17. The lowest BCUT2D eigenvalue weighted by Gasteiger charge is -2.03. The maximum absolute atomic E-state index is 5.60. The van der Waals surface area contributed by atoms with Gasteiger partial charge in [-0.2, -0.15) is 0 Å². The number of nitrogens with two attached hydrogens (primary N) is 1. The average Bonchev–Trinajstić information content (AvgIpc) is 2.37. The van der Waals surface area contributed by atoms with Crippen LogP contribution in [0, 0.1) is 0 Å². The maximum Gasteiger partial charge on any atom is 0.130 e. The third-order valence-electron chi connectivity index (χ3n) is 2.52. The van der Waals surface area contributed by atoms with Crippen LogP contribution in [0.2, 0.25) is 0 Å². The van der Waals surface area contributed by atoms with Crippen LogP contribution in [0.15, 0.2) is 36.5 Å².